The minimum atomic E-state index is -4.61. The van der Waals surface area contributed by atoms with Crippen LogP contribution in [0.1, 0.15) is 5.56 Å². The molecule has 0 atom stereocenters. The van der Waals surface area contributed by atoms with Gasteiger partial charge in [0.25, 0.3) is 5.69 Å². The minimum Gasteiger partial charge on any atom is -0.308 e. The second kappa shape index (κ2) is 3.97. The van der Waals surface area contributed by atoms with Gasteiger partial charge < -0.3 is 5.01 Å². The number of hydrazine groups is 1. The highest BCUT2D eigenvalue weighted by molar-refractivity contribution is 5.63. The Morgan fingerprint density at radius 2 is 2.00 bits per heavy atom. The van der Waals surface area contributed by atoms with E-state index in [-0.39, 0.29) is 5.69 Å². The van der Waals surface area contributed by atoms with E-state index in [1.165, 1.54) is 7.05 Å². The Labute approximate surface area is 88.4 Å². The fraction of sp³-hybridized carbons (Fsp3) is 0.250. The van der Waals surface area contributed by atoms with Gasteiger partial charge in [0.1, 0.15) is 5.69 Å². The molecule has 0 aromatic heterocycles. The van der Waals surface area contributed by atoms with E-state index < -0.39 is 22.4 Å². The Kier molecular flexibility index (Phi) is 3.04. The Balaban J connectivity index is 3.34. The lowest BCUT2D eigenvalue weighted by atomic mass is 10.1. The molecule has 0 unspecified atom stereocenters. The standard InChI is InChI=1S/C8H8F3N3O2/c1-13(12)6-3-2-5(8(9,10)11)4-7(6)14(15)16/h2-4H,12H2,1H3. The van der Waals surface area contributed by atoms with Gasteiger partial charge in [-0.05, 0) is 12.1 Å². The van der Waals surface area contributed by atoms with Crippen LogP contribution in [0.2, 0.25) is 0 Å². The van der Waals surface area contributed by atoms with Gasteiger partial charge in [0.2, 0.25) is 0 Å². The summed E-state index contributed by atoms with van der Waals surface area (Å²) in [5.74, 6) is 5.26. The number of nitro groups is 1. The van der Waals surface area contributed by atoms with Gasteiger partial charge in [-0.3, -0.25) is 10.1 Å². The largest absolute Gasteiger partial charge is 0.416 e. The van der Waals surface area contributed by atoms with E-state index in [1.807, 2.05) is 0 Å². The summed E-state index contributed by atoms with van der Waals surface area (Å²) in [6.45, 7) is 0. The molecule has 2 N–H and O–H groups in total. The molecular weight excluding hydrogens is 227 g/mol. The van der Waals surface area contributed by atoms with Crippen molar-refractivity contribution < 1.29 is 18.1 Å². The number of anilines is 1. The zero-order valence-corrected chi connectivity index (χ0v) is 8.15. The van der Waals surface area contributed by atoms with Crippen LogP contribution < -0.4 is 10.9 Å². The number of nitrogens with zero attached hydrogens (tertiary/aromatic N) is 2. The van der Waals surface area contributed by atoms with Crippen molar-refractivity contribution >= 4 is 11.4 Å². The first kappa shape index (κ1) is 12.2. The maximum absolute atomic E-state index is 12.3. The first-order valence-electron chi connectivity index (χ1n) is 4.07. The number of rotatable bonds is 2. The average Bonchev–Trinajstić information content (AvgIpc) is 2.15. The number of nitrogens with two attached hydrogens (primary N) is 1. The summed E-state index contributed by atoms with van der Waals surface area (Å²) in [6.07, 6.45) is -4.61. The van der Waals surface area contributed by atoms with Crippen LogP contribution in [0.25, 0.3) is 0 Å². The monoisotopic (exact) mass is 235 g/mol. The first-order chi connectivity index (χ1) is 7.23. The molecule has 16 heavy (non-hydrogen) atoms. The molecule has 0 bridgehead atoms. The van der Waals surface area contributed by atoms with Gasteiger partial charge >= 0.3 is 6.18 Å². The third-order valence-corrected chi connectivity index (χ3v) is 1.88. The lowest BCUT2D eigenvalue weighted by Gasteiger charge is -2.13. The van der Waals surface area contributed by atoms with Gasteiger partial charge in [-0.1, -0.05) is 0 Å². The summed E-state index contributed by atoms with van der Waals surface area (Å²) in [7, 11) is 1.30. The molecule has 0 aliphatic rings. The Morgan fingerprint density at radius 1 is 1.44 bits per heavy atom. The van der Waals surface area contributed by atoms with E-state index in [1.54, 1.807) is 0 Å². The fourth-order valence-electron chi connectivity index (χ4n) is 1.14. The van der Waals surface area contributed by atoms with Crippen molar-refractivity contribution in [1.82, 2.24) is 0 Å². The third-order valence-electron chi connectivity index (χ3n) is 1.88. The van der Waals surface area contributed by atoms with E-state index in [0.29, 0.717) is 6.07 Å². The maximum atomic E-state index is 12.3. The van der Waals surface area contributed by atoms with Crippen LogP contribution in [0.15, 0.2) is 18.2 Å². The number of halogens is 3. The smallest absolute Gasteiger partial charge is 0.308 e. The second-order valence-corrected chi connectivity index (χ2v) is 3.07. The van der Waals surface area contributed by atoms with Crippen molar-refractivity contribution in [2.45, 2.75) is 6.18 Å². The van der Waals surface area contributed by atoms with Gasteiger partial charge in [-0.25, -0.2) is 5.84 Å². The molecule has 0 radical (unpaired) electrons. The molecule has 5 nitrogen and oxygen atoms in total. The third kappa shape index (κ3) is 2.40. The van der Waals surface area contributed by atoms with Crippen molar-refractivity contribution in [3.63, 3.8) is 0 Å². The van der Waals surface area contributed by atoms with E-state index in [2.05, 4.69) is 0 Å². The molecule has 8 heteroatoms. The Hall–Kier alpha value is -1.83. The molecule has 0 heterocycles. The minimum absolute atomic E-state index is 0.0852. The van der Waals surface area contributed by atoms with E-state index >= 15 is 0 Å². The van der Waals surface area contributed by atoms with E-state index in [0.717, 1.165) is 17.1 Å². The average molecular weight is 235 g/mol. The number of hydrogen-bond acceptors (Lipinski definition) is 4. The van der Waals surface area contributed by atoms with E-state index in [9.17, 15) is 23.3 Å². The highest BCUT2D eigenvalue weighted by Gasteiger charge is 2.33. The Morgan fingerprint density at radius 3 is 2.38 bits per heavy atom. The molecular formula is C8H8F3N3O2. The second-order valence-electron chi connectivity index (χ2n) is 3.07. The van der Waals surface area contributed by atoms with E-state index in [4.69, 9.17) is 5.84 Å². The fourth-order valence-corrected chi connectivity index (χ4v) is 1.14. The summed E-state index contributed by atoms with van der Waals surface area (Å²) < 4.78 is 36.9. The molecule has 0 fully saturated rings. The van der Waals surface area contributed by atoms with Crippen molar-refractivity contribution in [2.75, 3.05) is 12.1 Å². The van der Waals surface area contributed by atoms with Crippen LogP contribution in [0.4, 0.5) is 24.5 Å². The molecule has 0 aliphatic heterocycles. The number of hydrogen-bond donors (Lipinski definition) is 1. The van der Waals surface area contributed by atoms with Crippen molar-refractivity contribution in [3.05, 3.63) is 33.9 Å². The predicted molar refractivity (Wildman–Crippen MR) is 50.7 cm³/mol. The Bertz CT molecular complexity index is 417. The number of alkyl halides is 3. The zero-order valence-electron chi connectivity index (χ0n) is 8.15. The van der Waals surface area contributed by atoms with Gasteiger partial charge in [0, 0.05) is 13.1 Å². The summed E-state index contributed by atoms with van der Waals surface area (Å²) >= 11 is 0. The predicted octanol–water partition coefficient (Wildman–Crippen LogP) is 1.92. The molecule has 0 aliphatic carbocycles. The van der Waals surface area contributed by atoms with Crippen LogP contribution >= 0.6 is 0 Å². The van der Waals surface area contributed by atoms with Gasteiger partial charge in [0.05, 0.1) is 10.5 Å². The molecule has 1 aromatic rings. The molecule has 0 amide bonds. The van der Waals surface area contributed by atoms with Crippen molar-refractivity contribution in [1.29, 1.82) is 0 Å². The highest BCUT2D eigenvalue weighted by Crippen LogP contribution is 2.35. The summed E-state index contributed by atoms with van der Waals surface area (Å²) in [5, 5.41) is 11.4. The summed E-state index contributed by atoms with van der Waals surface area (Å²) in [5.41, 5.74) is -1.84. The van der Waals surface area contributed by atoms with Crippen molar-refractivity contribution in [2.24, 2.45) is 5.84 Å². The molecule has 88 valence electrons. The van der Waals surface area contributed by atoms with Crippen LogP contribution in [0.3, 0.4) is 0 Å². The molecule has 0 spiro atoms. The van der Waals surface area contributed by atoms with Gasteiger partial charge in [-0.15, -0.1) is 0 Å². The zero-order chi connectivity index (χ0) is 12.5. The molecule has 1 aromatic carbocycles. The van der Waals surface area contributed by atoms with Crippen LogP contribution in [0, 0.1) is 10.1 Å². The summed E-state index contributed by atoms with van der Waals surface area (Å²) in [6, 6.07) is 2.16. The molecule has 0 saturated heterocycles. The van der Waals surface area contributed by atoms with Crippen molar-refractivity contribution in [3.8, 4) is 0 Å². The lowest BCUT2D eigenvalue weighted by Crippen LogP contribution is -2.26. The lowest BCUT2D eigenvalue weighted by molar-refractivity contribution is -0.384. The highest BCUT2D eigenvalue weighted by atomic mass is 19.4. The molecule has 1 rings (SSSR count). The van der Waals surface area contributed by atoms with Crippen LogP contribution in [-0.2, 0) is 6.18 Å². The van der Waals surface area contributed by atoms with Gasteiger partial charge in [-0.2, -0.15) is 13.2 Å². The summed E-state index contributed by atoms with van der Waals surface area (Å²) in [4.78, 5) is 9.65. The quantitative estimate of drug-likeness (QED) is 0.483. The molecule has 0 saturated carbocycles. The van der Waals surface area contributed by atoms with Crippen LogP contribution in [0.5, 0.6) is 0 Å². The first-order valence-corrected chi connectivity index (χ1v) is 4.07. The SMILES string of the molecule is CN(N)c1ccc(C(F)(F)F)cc1[N+](=O)[O-]. The van der Waals surface area contributed by atoms with Crippen LogP contribution in [-0.4, -0.2) is 12.0 Å². The topological polar surface area (TPSA) is 72.4 Å². The normalized spacial score (nSPS) is 11.3. The van der Waals surface area contributed by atoms with Gasteiger partial charge in [0.15, 0.2) is 0 Å². The number of nitro benzene ring substituents is 1. The maximum Gasteiger partial charge on any atom is 0.416 e. The number of benzene rings is 1.